The van der Waals surface area contributed by atoms with E-state index in [1.54, 1.807) is 4.68 Å². The number of aromatic nitrogens is 3. The van der Waals surface area contributed by atoms with E-state index in [4.69, 9.17) is 0 Å². The summed E-state index contributed by atoms with van der Waals surface area (Å²) in [6.45, 7) is 0. The average molecular weight is 272 g/mol. The Morgan fingerprint density at radius 3 is 2.89 bits per heavy atom. The van der Waals surface area contributed by atoms with Crippen LogP contribution < -0.4 is 4.68 Å². The zero-order valence-electron chi connectivity index (χ0n) is 9.49. The number of para-hydroxylation sites is 1. The molecule has 6 heteroatoms. The van der Waals surface area contributed by atoms with Crippen LogP contribution >= 0.6 is 22.9 Å². The lowest BCUT2D eigenvalue weighted by Gasteiger charge is -1.94. The van der Waals surface area contributed by atoms with Crippen LogP contribution in [0.15, 0.2) is 30.5 Å². The highest BCUT2D eigenvalue weighted by Crippen LogP contribution is 2.30. The van der Waals surface area contributed by atoms with Crippen LogP contribution in [-0.2, 0) is 7.05 Å². The van der Waals surface area contributed by atoms with Gasteiger partial charge in [-0.1, -0.05) is 16.8 Å². The molecule has 0 saturated carbocycles. The first-order valence-corrected chi connectivity index (χ1v) is 6.83. The van der Waals surface area contributed by atoms with E-state index in [0.717, 1.165) is 20.1 Å². The van der Waals surface area contributed by atoms with Gasteiger partial charge in [-0.15, -0.1) is 11.3 Å². The molecule has 0 spiro atoms. The minimum Gasteiger partial charge on any atom is -0.763 e. The van der Waals surface area contributed by atoms with Gasteiger partial charge >= 0.3 is 0 Å². The summed E-state index contributed by atoms with van der Waals surface area (Å²) in [6, 6.07) is 7.89. The summed E-state index contributed by atoms with van der Waals surface area (Å²) < 4.78 is 6.92. The molecule has 0 aliphatic heterocycles. The topological polar surface area (TPSA) is 52.0 Å². The van der Waals surface area contributed by atoms with Gasteiger partial charge in [0.2, 0.25) is 6.20 Å². The summed E-state index contributed by atoms with van der Waals surface area (Å²) in [4.78, 5) is 5.34. The Kier molecular flexibility index (Phi) is 2.76. The Labute approximate surface area is 112 Å². The summed E-state index contributed by atoms with van der Waals surface area (Å²) in [7, 11) is 1.84. The van der Waals surface area contributed by atoms with Crippen molar-refractivity contribution in [2.45, 2.75) is 0 Å². The molecule has 2 heterocycles. The van der Waals surface area contributed by atoms with Gasteiger partial charge in [-0.3, -0.25) is 5.87 Å². The smallest absolute Gasteiger partial charge is 0.217 e. The summed E-state index contributed by atoms with van der Waals surface area (Å²) >= 11 is 2.84. The average Bonchev–Trinajstić information content (AvgIpc) is 2.96. The van der Waals surface area contributed by atoms with Gasteiger partial charge in [0, 0.05) is 11.5 Å². The third-order valence-electron chi connectivity index (χ3n) is 2.44. The van der Waals surface area contributed by atoms with Gasteiger partial charge in [0.25, 0.3) is 0 Å². The number of rotatable bonds is 2. The molecule has 0 unspecified atom stereocenters. The Morgan fingerprint density at radius 2 is 2.22 bits per heavy atom. The minimum atomic E-state index is 0.592. The maximum Gasteiger partial charge on any atom is 0.217 e. The Balaban J connectivity index is 2.15. The van der Waals surface area contributed by atoms with Crippen molar-refractivity contribution in [1.82, 2.24) is 9.47 Å². The number of hydrogen-bond donors (Lipinski definition) is 0. The van der Waals surface area contributed by atoms with E-state index >= 15 is 0 Å². The van der Waals surface area contributed by atoms with Crippen LogP contribution in [0.4, 0.5) is 0 Å². The van der Waals surface area contributed by atoms with Crippen molar-refractivity contribution in [2.75, 3.05) is 0 Å². The van der Waals surface area contributed by atoms with Crippen molar-refractivity contribution in [3.63, 3.8) is 0 Å². The minimum absolute atomic E-state index is 0.592. The molecule has 1 aromatic carbocycles. The molecular weight excluding hydrogens is 264 g/mol. The molecule has 3 aromatic rings. The number of thiazole rings is 1. The van der Waals surface area contributed by atoms with Gasteiger partial charge < -0.3 is 5.41 Å². The van der Waals surface area contributed by atoms with Gasteiger partial charge in [-0.05, 0) is 12.1 Å². The number of fused-ring (bicyclic) bond motifs is 1. The molecule has 2 aromatic heterocycles. The quantitative estimate of drug-likeness (QED) is 0.530. The van der Waals surface area contributed by atoms with E-state index in [2.05, 4.69) is 15.3 Å². The van der Waals surface area contributed by atoms with Gasteiger partial charge in [0.05, 0.1) is 20.3 Å². The lowest BCUT2D eigenvalue weighted by atomic mass is 10.3. The highest BCUT2D eigenvalue weighted by Gasteiger charge is 2.15. The molecule has 0 bridgehead atoms. The third-order valence-corrected chi connectivity index (χ3v) is 4.34. The number of hydrogen-bond acceptors (Lipinski definition) is 4. The predicted molar refractivity (Wildman–Crippen MR) is 73.8 cm³/mol. The molecule has 0 fully saturated rings. The van der Waals surface area contributed by atoms with Gasteiger partial charge in [0.1, 0.15) is 9.88 Å². The zero-order chi connectivity index (χ0) is 12.5. The molecule has 0 saturated heterocycles. The first-order chi connectivity index (χ1) is 8.78. The van der Waals surface area contributed by atoms with Crippen LogP contribution in [-0.4, -0.2) is 15.3 Å². The highest BCUT2D eigenvalue weighted by molar-refractivity contribution is 7.20. The molecule has 4 nitrogen and oxygen atoms in total. The fourth-order valence-corrected chi connectivity index (χ4v) is 3.36. The van der Waals surface area contributed by atoms with Crippen LogP contribution in [0.2, 0.25) is 0 Å². The van der Waals surface area contributed by atoms with Gasteiger partial charge in [0.15, 0.2) is 7.05 Å². The van der Waals surface area contributed by atoms with Crippen molar-refractivity contribution in [3.05, 3.63) is 45.8 Å². The Bertz CT molecular complexity index is 732. The molecule has 0 radical (unpaired) electrons. The van der Waals surface area contributed by atoms with Crippen molar-refractivity contribution < 1.29 is 4.68 Å². The summed E-state index contributed by atoms with van der Waals surface area (Å²) in [5, 5.41) is 10.1. The second-order valence-corrected chi connectivity index (χ2v) is 5.53. The molecule has 3 rings (SSSR count). The molecular formula is C12H8N4S2. The lowest BCUT2D eigenvalue weighted by molar-refractivity contribution is -0.722. The molecule has 0 N–H and O–H groups in total. The third kappa shape index (κ3) is 1.86. The molecule has 0 aliphatic carbocycles. The monoisotopic (exact) mass is 272 g/mol. The normalized spacial score (nSPS) is 10.5. The predicted octanol–water partition coefficient (Wildman–Crippen LogP) is 2.25. The molecule has 0 amide bonds. The van der Waals surface area contributed by atoms with E-state index in [1.807, 2.05) is 37.5 Å². The summed E-state index contributed by atoms with van der Waals surface area (Å²) in [6.07, 6.45) is 1.84. The zero-order valence-corrected chi connectivity index (χ0v) is 11.1. The first kappa shape index (κ1) is 11.2. The fraction of sp³-hybridized carbons (Fsp3) is 0.0833. The van der Waals surface area contributed by atoms with E-state index < -0.39 is 0 Å². The standard InChI is InChI=1S/C12H8N4S2/c1-16-7-11(18-15-16)8(6-13)12-14-9-4-2-3-5-10(9)17-12/h2-5,7H,1H3. The molecule has 0 atom stereocenters. The van der Waals surface area contributed by atoms with Crippen molar-refractivity contribution in [1.29, 1.82) is 0 Å². The Morgan fingerprint density at radius 1 is 1.39 bits per heavy atom. The molecule has 88 valence electrons. The van der Waals surface area contributed by atoms with E-state index in [1.165, 1.54) is 22.9 Å². The lowest BCUT2D eigenvalue weighted by Crippen LogP contribution is -2.27. The second-order valence-electron chi connectivity index (χ2n) is 3.71. The maximum atomic E-state index is 9.32. The fourth-order valence-electron chi connectivity index (χ4n) is 1.62. The second kappa shape index (κ2) is 4.42. The summed E-state index contributed by atoms with van der Waals surface area (Å²) in [5.41, 5.74) is 1.52. The van der Waals surface area contributed by atoms with E-state index in [0.29, 0.717) is 5.57 Å². The van der Waals surface area contributed by atoms with Crippen molar-refractivity contribution in [3.8, 4) is 0 Å². The van der Waals surface area contributed by atoms with Crippen LogP contribution in [0.25, 0.3) is 21.2 Å². The highest BCUT2D eigenvalue weighted by atomic mass is 32.1. The van der Waals surface area contributed by atoms with Crippen LogP contribution in [0, 0.1) is 0 Å². The van der Waals surface area contributed by atoms with E-state index in [-0.39, 0.29) is 0 Å². The van der Waals surface area contributed by atoms with Crippen LogP contribution in [0.1, 0.15) is 9.88 Å². The van der Waals surface area contributed by atoms with Crippen LogP contribution in [0.3, 0.4) is 0 Å². The first-order valence-electron chi connectivity index (χ1n) is 5.24. The van der Waals surface area contributed by atoms with Gasteiger partial charge in [-0.2, -0.15) is 0 Å². The SMILES string of the molecule is C[n+]1cc(C(=C=[N-])c2nc3ccccc3s2)sn1. The van der Waals surface area contributed by atoms with Crippen molar-refractivity contribution in [2.24, 2.45) is 7.05 Å². The largest absolute Gasteiger partial charge is 0.763 e. The molecule has 0 aliphatic rings. The Hall–Kier alpha value is -1.88. The molecule has 18 heavy (non-hydrogen) atoms. The van der Waals surface area contributed by atoms with Crippen LogP contribution in [0.5, 0.6) is 0 Å². The maximum absolute atomic E-state index is 9.32. The summed E-state index contributed by atoms with van der Waals surface area (Å²) in [5.74, 6) is 2.23. The number of benzene rings is 1. The number of aryl methyl sites for hydroxylation is 1. The van der Waals surface area contributed by atoms with Gasteiger partial charge in [-0.25, -0.2) is 4.98 Å². The number of nitrogens with zero attached hydrogens (tertiary/aromatic N) is 4. The van der Waals surface area contributed by atoms with E-state index in [9.17, 15) is 5.41 Å². The van der Waals surface area contributed by atoms with Crippen molar-refractivity contribution >= 4 is 44.5 Å².